The van der Waals surface area contributed by atoms with Gasteiger partial charge in [0.1, 0.15) is 0 Å². The molecular weight excluding hydrogens is 184 g/mol. The van der Waals surface area contributed by atoms with E-state index in [-0.39, 0.29) is 0 Å². The fourth-order valence-corrected chi connectivity index (χ4v) is 1.99. The Bertz CT molecular complexity index is 338. The average molecular weight is 204 g/mol. The van der Waals surface area contributed by atoms with Gasteiger partial charge in [0.25, 0.3) is 0 Å². The molecule has 1 fully saturated rings. The molecule has 2 rings (SSSR count). The van der Waals surface area contributed by atoms with Crippen molar-refractivity contribution < 1.29 is 0 Å². The molecule has 0 atom stereocenters. The lowest BCUT2D eigenvalue weighted by Crippen LogP contribution is -2.44. The molecule has 0 unspecified atom stereocenters. The molecule has 1 aliphatic heterocycles. The molecule has 0 radical (unpaired) electrons. The second-order valence-corrected chi connectivity index (χ2v) is 4.56. The maximum absolute atomic E-state index is 2.48. The number of hydrogen-bond acceptors (Lipinski definition) is 2. The van der Waals surface area contributed by atoms with E-state index in [0.717, 1.165) is 13.1 Å². The molecular formula is C13H20N2. The molecule has 1 aliphatic rings. The summed E-state index contributed by atoms with van der Waals surface area (Å²) >= 11 is 0. The number of nitrogens with zero attached hydrogens (tertiary/aromatic N) is 2. The van der Waals surface area contributed by atoms with Crippen molar-refractivity contribution in [1.29, 1.82) is 0 Å². The van der Waals surface area contributed by atoms with Gasteiger partial charge in [-0.3, -0.25) is 0 Å². The Morgan fingerprint density at radius 3 is 2.20 bits per heavy atom. The zero-order chi connectivity index (χ0) is 10.8. The van der Waals surface area contributed by atoms with E-state index in [9.17, 15) is 0 Å². The first-order valence-corrected chi connectivity index (χ1v) is 5.67. The number of hydrogen-bond donors (Lipinski definition) is 0. The Kier molecular flexibility index (Phi) is 2.96. The number of benzene rings is 1. The molecule has 15 heavy (non-hydrogen) atoms. The van der Waals surface area contributed by atoms with Crippen LogP contribution >= 0.6 is 0 Å². The van der Waals surface area contributed by atoms with Crippen LogP contribution in [0.25, 0.3) is 0 Å². The monoisotopic (exact) mass is 204 g/mol. The summed E-state index contributed by atoms with van der Waals surface area (Å²) in [6.45, 7) is 9.01. The van der Waals surface area contributed by atoms with E-state index in [1.165, 1.54) is 29.9 Å². The van der Waals surface area contributed by atoms with Gasteiger partial charge in [-0.25, -0.2) is 0 Å². The Labute approximate surface area is 92.5 Å². The van der Waals surface area contributed by atoms with Crippen LogP contribution in [-0.2, 0) is 0 Å². The quantitative estimate of drug-likeness (QED) is 0.691. The van der Waals surface area contributed by atoms with Crippen LogP contribution in [0, 0.1) is 13.8 Å². The van der Waals surface area contributed by atoms with Crippen molar-refractivity contribution in [3.63, 3.8) is 0 Å². The third-order valence-corrected chi connectivity index (χ3v) is 3.36. The molecule has 82 valence electrons. The van der Waals surface area contributed by atoms with Crippen molar-refractivity contribution in [1.82, 2.24) is 4.90 Å². The molecule has 0 spiro atoms. The van der Waals surface area contributed by atoms with E-state index < -0.39 is 0 Å². The van der Waals surface area contributed by atoms with Crippen molar-refractivity contribution in [3.8, 4) is 0 Å². The predicted molar refractivity (Wildman–Crippen MR) is 65.6 cm³/mol. The standard InChI is InChI=1S/C13H20N2/c1-11-4-5-13(10-12(11)2)15-8-6-14(3)7-9-15/h4-5,10H,6-9H2,1-3H3. The van der Waals surface area contributed by atoms with Gasteiger partial charge in [0, 0.05) is 31.9 Å². The first-order valence-electron chi connectivity index (χ1n) is 5.67. The second kappa shape index (κ2) is 4.23. The van der Waals surface area contributed by atoms with Gasteiger partial charge in [-0.15, -0.1) is 0 Å². The van der Waals surface area contributed by atoms with Crippen molar-refractivity contribution in [2.75, 3.05) is 38.1 Å². The number of anilines is 1. The Morgan fingerprint density at radius 1 is 0.933 bits per heavy atom. The van der Waals surface area contributed by atoms with Crippen LogP contribution in [0.2, 0.25) is 0 Å². The Morgan fingerprint density at radius 2 is 1.60 bits per heavy atom. The highest BCUT2D eigenvalue weighted by atomic mass is 15.2. The molecule has 0 aromatic heterocycles. The van der Waals surface area contributed by atoms with Gasteiger partial charge >= 0.3 is 0 Å². The van der Waals surface area contributed by atoms with Crippen molar-refractivity contribution in [2.45, 2.75) is 13.8 Å². The van der Waals surface area contributed by atoms with Gasteiger partial charge in [-0.05, 0) is 44.2 Å². The fraction of sp³-hybridized carbons (Fsp3) is 0.538. The first kappa shape index (κ1) is 10.5. The van der Waals surface area contributed by atoms with Crippen LogP contribution in [-0.4, -0.2) is 38.1 Å². The molecule has 0 bridgehead atoms. The summed E-state index contributed by atoms with van der Waals surface area (Å²) in [6.07, 6.45) is 0. The summed E-state index contributed by atoms with van der Waals surface area (Å²) in [4.78, 5) is 4.87. The highest BCUT2D eigenvalue weighted by Gasteiger charge is 2.14. The number of piperazine rings is 1. The fourth-order valence-electron chi connectivity index (χ4n) is 1.99. The summed E-state index contributed by atoms with van der Waals surface area (Å²) in [5.74, 6) is 0. The van der Waals surface area contributed by atoms with Gasteiger partial charge in [-0.2, -0.15) is 0 Å². The summed E-state index contributed by atoms with van der Waals surface area (Å²) < 4.78 is 0. The van der Waals surface area contributed by atoms with E-state index >= 15 is 0 Å². The van der Waals surface area contributed by atoms with E-state index in [1.807, 2.05) is 0 Å². The van der Waals surface area contributed by atoms with E-state index in [2.05, 4.69) is 48.9 Å². The van der Waals surface area contributed by atoms with Gasteiger partial charge in [-0.1, -0.05) is 6.07 Å². The predicted octanol–water partition coefficient (Wildman–Crippen LogP) is 2.06. The molecule has 1 aromatic rings. The molecule has 0 aliphatic carbocycles. The molecule has 1 saturated heterocycles. The Hall–Kier alpha value is -1.02. The summed E-state index contributed by atoms with van der Waals surface area (Å²) in [7, 11) is 2.19. The average Bonchev–Trinajstić information content (AvgIpc) is 2.23. The number of rotatable bonds is 1. The maximum atomic E-state index is 2.48. The molecule has 2 heteroatoms. The van der Waals surface area contributed by atoms with E-state index in [4.69, 9.17) is 0 Å². The highest BCUT2D eigenvalue weighted by Crippen LogP contribution is 2.19. The summed E-state index contributed by atoms with van der Waals surface area (Å²) in [5, 5.41) is 0. The zero-order valence-corrected chi connectivity index (χ0v) is 9.95. The minimum Gasteiger partial charge on any atom is -0.369 e. The number of aryl methyl sites for hydroxylation is 2. The summed E-state index contributed by atoms with van der Waals surface area (Å²) in [5.41, 5.74) is 4.16. The zero-order valence-electron chi connectivity index (χ0n) is 9.95. The van der Waals surface area contributed by atoms with Crippen molar-refractivity contribution >= 4 is 5.69 Å². The summed E-state index contributed by atoms with van der Waals surface area (Å²) in [6, 6.07) is 6.78. The van der Waals surface area contributed by atoms with Crippen LogP contribution in [0.3, 0.4) is 0 Å². The highest BCUT2D eigenvalue weighted by molar-refractivity contribution is 5.50. The second-order valence-electron chi connectivity index (χ2n) is 4.56. The molecule has 1 aromatic carbocycles. The van der Waals surface area contributed by atoms with Crippen LogP contribution in [0.15, 0.2) is 18.2 Å². The van der Waals surface area contributed by atoms with E-state index in [0.29, 0.717) is 0 Å². The lowest BCUT2D eigenvalue weighted by molar-refractivity contribution is 0.313. The van der Waals surface area contributed by atoms with Crippen molar-refractivity contribution in [3.05, 3.63) is 29.3 Å². The Balaban J connectivity index is 2.12. The lowest BCUT2D eigenvalue weighted by Gasteiger charge is -2.34. The third kappa shape index (κ3) is 2.32. The minimum absolute atomic E-state index is 1.15. The smallest absolute Gasteiger partial charge is 0.0369 e. The van der Waals surface area contributed by atoms with Crippen LogP contribution in [0.4, 0.5) is 5.69 Å². The van der Waals surface area contributed by atoms with Crippen molar-refractivity contribution in [2.24, 2.45) is 0 Å². The normalized spacial score (nSPS) is 18.2. The van der Waals surface area contributed by atoms with Gasteiger partial charge in [0.2, 0.25) is 0 Å². The molecule has 0 saturated carbocycles. The molecule has 0 amide bonds. The lowest BCUT2D eigenvalue weighted by atomic mass is 10.1. The van der Waals surface area contributed by atoms with Crippen LogP contribution < -0.4 is 4.90 Å². The van der Waals surface area contributed by atoms with Crippen LogP contribution in [0.5, 0.6) is 0 Å². The molecule has 1 heterocycles. The molecule has 0 N–H and O–H groups in total. The number of likely N-dealkylation sites (N-methyl/N-ethyl adjacent to an activating group) is 1. The largest absolute Gasteiger partial charge is 0.369 e. The first-order chi connectivity index (χ1) is 7.16. The van der Waals surface area contributed by atoms with Gasteiger partial charge < -0.3 is 9.80 Å². The van der Waals surface area contributed by atoms with Gasteiger partial charge in [0.05, 0.1) is 0 Å². The van der Waals surface area contributed by atoms with Crippen LogP contribution in [0.1, 0.15) is 11.1 Å². The van der Waals surface area contributed by atoms with E-state index in [1.54, 1.807) is 0 Å². The third-order valence-electron chi connectivity index (χ3n) is 3.36. The molecule has 2 nitrogen and oxygen atoms in total. The van der Waals surface area contributed by atoms with Gasteiger partial charge in [0.15, 0.2) is 0 Å². The maximum Gasteiger partial charge on any atom is 0.0369 e. The SMILES string of the molecule is Cc1ccc(N2CCN(C)CC2)cc1C. The minimum atomic E-state index is 1.15. The topological polar surface area (TPSA) is 6.48 Å².